The number of hydrogen-bond acceptors (Lipinski definition) is 2. The molecule has 0 saturated heterocycles. The van der Waals surface area contributed by atoms with Crippen LogP contribution in [0.1, 0.15) is 51.5 Å². The highest BCUT2D eigenvalue weighted by Gasteiger charge is 2.41. The molecule has 0 spiro atoms. The predicted octanol–water partition coefficient (Wildman–Crippen LogP) is 3.69. The lowest BCUT2D eigenvalue weighted by molar-refractivity contribution is -0.126. The first kappa shape index (κ1) is 15.0. The minimum Gasteiger partial charge on any atom is -0.326 e. The topological polar surface area (TPSA) is 55.1 Å². The molecule has 1 aromatic rings. The molecule has 0 heterocycles. The first-order valence-corrected chi connectivity index (χ1v) is 7.66. The molecule has 1 aromatic carbocycles. The fourth-order valence-corrected chi connectivity index (χ4v) is 3.34. The van der Waals surface area contributed by atoms with E-state index in [-0.39, 0.29) is 11.3 Å². The van der Waals surface area contributed by atoms with Gasteiger partial charge in [-0.2, -0.15) is 0 Å². The van der Waals surface area contributed by atoms with Crippen LogP contribution in [0.5, 0.6) is 0 Å². The van der Waals surface area contributed by atoms with Crippen molar-refractivity contribution in [1.29, 1.82) is 0 Å². The number of nitrogens with one attached hydrogen (secondary N) is 1. The molecule has 1 saturated carbocycles. The molecule has 20 heavy (non-hydrogen) atoms. The summed E-state index contributed by atoms with van der Waals surface area (Å²) in [5.74, 6) is 0.752. The molecule has 1 aliphatic carbocycles. The van der Waals surface area contributed by atoms with Gasteiger partial charge in [-0.3, -0.25) is 4.79 Å². The highest BCUT2D eigenvalue weighted by Crippen LogP contribution is 2.44. The number of rotatable bonds is 5. The van der Waals surface area contributed by atoms with Crippen molar-refractivity contribution in [2.24, 2.45) is 17.1 Å². The first-order valence-electron chi connectivity index (χ1n) is 7.66. The van der Waals surface area contributed by atoms with E-state index in [1.165, 1.54) is 12.8 Å². The average molecular weight is 274 g/mol. The Morgan fingerprint density at radius 1 is 1.25 bits per heavy atom. The normalized spacial score (nSPS) is 17.4. The Kier molecular flexibility index (Phi) is 4.81. The quantitative estimate of drug-likeness (QED) is 0.860. The van der Waals surface area contributed by atoms with Gasteiger partial charge in [0.05, 0.1) is 0 Å². The zero-order valence-corrected chi connectivity index (χ0v) is 12.6. The molecule has 2 rings (SSSR count). The predicted molar refractivity (Wildman–Crippen MR) is 83.3 cm³/mol. The van der Waals surface area contributed by atoms with Gasteiger partial charge in [0.25, 0.3) is 0 Å². The maximum absolute atomic E-state index is 12.7. The third kappa shape index (κ3) is 3.40. The summed E-state index contributed by atoms with van der Waals surface area (Å²) in [7, 11) is 0. The number of benzene rings is 1. The number of carbonyl (C=O) groups excluding carboxylic acids is 1. The Morgan fingerprint density at radius 3 is 2.35 bits per heavy atom. The second kappa shape index (κ2) is 6.40. The summed E-state index contributed by atoms with van der Waals surface area (Å²) in [5, 5.41) is 3.10. The van der Waals surface area contributed by atoms with Crippen LogP contribution >= 0.6 is 0 Å². The van der Waals surface area contributed by atoms with E-state index in [2.05, 4.69) is 19.2 Å². The van der Waals surface area contributed by atoms with Crippen LogP contribution in [0.15, 0.2) is 24.3 Å². The van der Waals surface area contributed by atoms with Gasteiger partial charge in [-0.25, -0.2) is 0 Å². The summed E-state index contributed by atoms with van der Waals surface area (Å²) in [4.78, 5) is 12.7. The summed E-state index contributed by atoms with van der Waals surface area (Å²) >= 11 is 0. The molecular formula is C17H26N2O. The summed E-state index contributed by atoms with van der Waals surface area (Å²) < 4.78 is 0. The smallest absolute Gasteiger partial charge is 0.230 e. The van der Waals surface area contributed by atoms with E-state index in [0.717, 1.165) is 30.5 Å². The zero-order valence-electron chi connectivity index (χ0n) is 12.6. The van der Waals surface area contributed by atoms with Gasteiger partial charge in [0.2, 0.25) is 5.91 Å². The number of anilines is 1. The maximum atomic E-state index is 12.7. The lowest BCUT2D eigenvalue weighted by Crippen LogP contribution is -2.35. The molecule has 0 unspecified atom stereocenters. The molecule has 0 aliphatic heterocycles. The van der Waals surface area contributed by atoms with Crippen molar-refractivity contribution in [3.05, 3.63) is 29.8 Å². The van der Waals surface area contributed by atoms with Crippen LogP contribution in [0.2, 0.25) is 0 Å². The molecule has 1 fully saturated rings. The second-order valence-electron chi connectivity index (χ2n) is 6.44. The molecule has 0 aromatic heterocycles. The van der Waals surface area contributed by atoms with E-state index in [1.807, 2.05) is 24.3 Å². The molecule has 0 atom stereocenters. The van der Waals surface area contributed by atoms with Gasteiger partial charge >= 0.3 is 0 Å². The fourth-order valence-electron chi connectivity index (χ4n) is 3.34. The lowest BCUT2D eigenvalue weighted by atomic mass is 9.77. The maximum Gasteiger partial charge on any atom is 0.230 e. The van der Waals surface area contributed by atoms with Crippen LogP contribution in [0.25, 0.3) is 0 Å². The van der Waals surface area contributed by atoms with Crippen molar-refractivity contribution in [2.45, 2.75) is 52.5 Å². The van der Waals surface area contributed by atoms with Gasteiger partial charge in [-0.05, 0) is 42.9 Å². The highest BCUT2D eigenvalue weighted by molar-refractivity contribution is 5.95. The molecule has 3 heteroatoms. The SMILES string of the molecule is CC(C)CC1(C(=O)Nc2ccc(CN)cc2)CCCC1. The van der Waals surface area contributed by atoms with Gasteiger partial charge < -0.3 is 11.1 Å². The summed E-state index contributed by atoms with van der Waals surface area (Å²) in [6.45, 7) is 4.93. The molecular weight excluding hydrogens is 248 g/mol. The summed E-state index contributed by atoms with van der Waals surface area (Å²) in [5.41, 5.74) is 7.40. The average Bonchev–Trinajstić information content (AvgIpc) is 2.88. The Morgan fingerprint density at radius 2 is 1.85 bits per heavy atom. The van der Waals surface area contributed by atoms with Crippen LogP contribution in [-0.2, 0) is 11.3 Å². The van der Waals surface area contributed by atoms with Crippen molar-refractivity contribution in [1.82, 2.24) is 0 Å². The standard InChI is InChI=1S/C17H26N2O/c1-13(2)11-17(9-3-4-10-17)16(20)19-15-7-5-14(12-18)6-8-15/h5-8,13H,3-4,9-12,18H2,1-2H3,(H,19,20). The Hall–Kier alpha value is -1.35. The van der Waals surface area contributed by atoms with Crippen molar-refractivity contribution in [2.75, 3.05) is 5.32 Å². The van der Waals surface area contributed by atoms with E-state index in [4.69, 9.17) is 5.73 Å². The van der Waals surface area contributed by atoms with E-state index in [0.29, 0.717) is 12.5 Å². The van der Waals surface area contributed by atoms with Gasteiger partial charge in [0.1, 0.15) is 0 Å². The first-order chi connectivity index (χ1) is 9.55. The van der Waals surface area contributed by atoms with Crippen molar-refractivity contribution < 1.29 is 4.79 Å². The molecule has 0 bridgehead atoms. The van der Waals surface area contributed by atoms with Crippen molar-refractivity contribution in [3.63, 3.8) is 0 Å². The lowest BCUT2D eigenvalue weighted by Gasteiger charge is -2.29. The number of carbonyl (C=O) groups is 1. The monoisotopic (exact) mass is 274 g/mol. The zero-order chi connectivity index (χ0) is 14.6. The van der Waals surface area contributed by atoms with Crippen LogP contribution in [0, 0.1) is 11.3 Å². The van der Waals surface area contributed by atoms with Crippen LogP contribution in [0.3, 0.4) is 0 Å². The summed E-state index contributed by atoms with van der Waals surface area (Å²) in [6, 6.07) is 7.83. The number of amides is 1. The minimum absolute atomic E-state index is 0.152. The van der Waals surface area contributed by atoms with E-state index in [9.17, 15) is 4.79 Å². The third-order valence-corrected chi connectivity index (χ3v) is 4.29. The molecule has 1 amide bonds. The van der Waals surface area contributed by atoms with Gasteiger partial charge in [-0.15, -0.1) is 0 Å². The molecule has 3 N–H and O–H groups in total. The Bertz CT molecular complexity index is 445. The van der Waals surface area contributed by atoms with Crippen LogP contribution < -0.4 is 11.1 Å². The number of hydrogen-bond donors (Lipinski definition) is 2. The van der Waals surface area contributed by atoms with Gasteiger partial charge in [-0.1, -0.05) is 38.8 Å². The third-order valence-electron chi connectivity index (χ3n) is 4.29. The van der Waals surface area contributed by atoms with E-state index in [1.54, 1.807) is 0 Å². The van der Waals surface area contributed by atoms with Gasteiger partial charge in [0, 0.05) is 17.6 Å². The fraction of sp³-hybridized carbons (Fsp3) is 0.588. The Balaban J connectivity index is 2.08. The van der Waals surface area contributed by atoms with E-state index < -0.39 is 0 Å². The highest BCUT2D eigenvalue weighted by atomic mass is 16.2. The van der Waals surface area contributed by atoms with E-state index >= 15 is 0 Å². The Labute approximate surface area is 121 Å². The molecule has 0 radical (unpaired) electrons. The van der Waals surface area contributed by atoms with Crippen LogP contribution in [0.4, 0.5) is 5.69 Å². The van der Waals surface area contributed by atoms with Gasteiger partial charge in [0.15, 0.2) is 0 Å². The molecule has 3 nitrogen and oxygen atoms in total. The largest absolute Gasteiger partial charge is 0.326 e. The molecule has 1 aliphatic rings. The van der Waals surface area contributed by atoms with Crippen molar-refractivity contribution >= 4 is 11.6 Å². The summed E-state index contributed by atoms with van der Waals surface area (Å²) in [6.07, 6.45) is 5.38. The molecule has 110 valence electrons. The second-order valence-corrected chi connectivity index (χ2v) is 6.44. The van der Waals surface area contributed by atoms with Crippen molar-refractivity contribution in [3.8, 4) is 0 Å². The minimum atomic E-state index is -0.152. The number of nitrogens with two attached hydrogens (primary N) is 1. The van der Waals surface area contributed by atoms with Crippen LogP contribution in [-0.4, -0.2) is 5.91 Å².